The van der Waals surface area contributed by atoms with Crippen molar-refractivity contribution in [1.29, 1.82) is 0 Å². The molecule has 1 rings (SSSR count). The normalized spacial score (nSPS) is 10.1. The Morgan fingerprint density at radius 3 is 2.82 bits per heavy atom. The minimum Gasteiger partial charge on any atom is -0.479 e. The third-order valence-corrected chi connectivity index (χ3v) is 1.51. The predicted octanol–water partition coefficient (Wildman–Crippen LogP) is 0.711. The molecule has 0 aliphatic carbocycles. The van der Waals surface area contributed by atoms with Crippen LogP contribution in [0.3, 0.4) is 0 Å². The zero-order chi connectivity index (χ0) is 8.27. The SMILES string of the molecule is CNCc1onc(OC)c1C. The number of hydrogen-bond donors (Lipinski definition) is 1. The number of hydrogen-bond acceptors (Lipinski definition) is 4. The van der Waals surface area contributed by atoms with Gasteiger partial charge in [0.25, 0.3) is 5.88 Å². The summed E-state index contributed by atoms with van der Waals surface area (Å²) in [6.45, 7) is 2.60. The van der Waals surface area contributed by atoms with Crippen molar-refractivity contribution in [1.82, 2.24) is 10.5 Å². The number of aromatic nitrogens is 1. The maximum atomic E-state index is 4.99. The van der Waals surface area contributed by atoms with Crippen LogP contribution in [0.5, 0.6) is 5.88 Å². The first-order valence-electron chi connectivity index (χ1n) is 3.43. The Morgan fingerprint density at radius 1 is 1.64 bits per heavy atom. The highest BCUT2D eigenvalue weighted by atomic mass is 16.5. The number of ether oxygens (including phenoxy) is 1. The van der Waals surface area contributed by atoms with Crippen LogP contribution in [0, 0.1) is 6.92 Å². The Balaban J connectivity index is 2.82. The first-order chi connectivity index (χ1) is 5.29. The van der Waals surface area contributed by atoms with Crippen molar-refractivity contribution in [3.05, 3.63) is 11.3 Å². The lowest BCUT2D eigenvalue weighted by atomic mass is 10.3. The average Bonchev–Trinajstić information content (AvgIpc) is 2.34. The van der Waals surface area contributed by atoms with Crippen LogP contribution >= 0.6 is 0 Å². The van der Waals surface area contributed by atoms with E-state index in [1.54, 1.807) is 7.11 Å². The highest BCUT2D eigenvalue weighted by molar-refractivity contribution is 5.25. The maximum Gasteiger partial charge on any atom is 0.257 e. The van der Waals surface area contributed by atoms with Gasteiger partial charge in [0, 0.05) is 0 Å². The topological polar surface area (TPSA) is 47.3 Å². The molecule has 0 amide bonds. The summed E-state index contributed by atoms with van der Waals surface area (Å²) in [5.74, 6) is 1.39. The first-order valence-corrected chi connectivity index (χ1v) is 3.43. The van der Waals surface area contributed by atoms with E-state index in [2.05, 4.69) is 10.5 Å². The lowest BCUT2D eigenvalue weighted by Gasteiger charge is -1.94. The first kappa shape index (κ1) is 8.07. The van der Waals surface area contributed by atoms with E-state index in [4.69, 9.17) is 9.26 Å². The molecule has 0 spiro atoms. The predicted molar refractivity (Wildman–Crippen MR) is 40.6 cm³/mol. The quantitative estimate of drug-likeness (QED) is 0.700. The molecule has 4 heteroatoms. The van der Waals surface area contributed by atoms with Gasteiger partial charge >= 0.3 is 0 Å². The summed E-state index contributed by atoms with van der Waals surface area (Å²) >= 11 is 0. The van der Waals surface area contributed by atoms with E-state index in [-0.39, 0.29) is 0 Å². The molecule has 0 radical (unpaired) electrons. The number of methoxy groups -OCH3 is 1. The fourth-order valence-corrected chi connectivity index (χ4v) is 0.869. The molecule has 0 bridgehead atoms. The van der Waals surface area contributed by atoms with Crippen molar-refractivity contribution in [2.45, 2.75) is 13.5 Å². The van der Waals surface area contributed by atoms with Gasteiger partial charge in [-0.15, -0.1) is 0 Å². The molecule has 0 fully saturated rings. The van der Waals surface area contributed by atoms with Crippen LogP contribution in [0.4, 0.5) is 0 Å². The van der Waals surface area contributed by atoms with Crippen molar-refractivity contribution in [2.75, 3.05) is 14.2 Å². The molecule has 4 nitrogen and oxygen atoms in total. The van der Waals surface area contributed by atoms with E-state index in [0.717, 1.165) is 11.3 Å². The van der Waals surface area contributed by atoms with E-state index in [1.165, 1.54) is 0 Å². The third kappa shape index (κ3) is 1.51. The second kappa shape index (κ2) is 3.39. The summed E-state index contributed by atoms with van der Waals surface area (Å²) in [6, 6.07) is 0. The smallest absolute Gasteiger partial charge is 0.257 e. The third-order valence-electron chi connectivity index (χ3n) is 1.51. The molecular weight excluding hydrogens is 144 g/mol. The minimum absolute atomic E-state index is 0.565. The minimum atomic E-state index is 0.565. The van der Waals surface area contributed by atoms with E-state index in [0.29, 0.717) is 12.4 Å². The van der Waals surface area contributed by atoms with Gasteiger partial charge in [-0.3, -0.25) is 0 Å². The van der Waals surface area contributed by atoms with Crippen molar-refractivity contribution in [3.8, 4) is 5.88 Å². The fourth-order valence-electron chi connectivity index (χ4n) is 0.869. The van der Waals surface area contributed by atoms with Gasteiger partial charge < -0.3 is 14.6 Å². The molecule has 11 heavy (non-hydrogen) atoms. The van der Waals surface area contributed by atoms with Crippen LogP contribution in [-0.2, 0) is 6.54 Å². The largest absolute Gasteiger partial charge is 0.479 e. The Labute approximate surface area is 65.5 Å². The van der Waals surface area contributed by atoms with Gasteiger partial charge in [0.1, 0.15) is 0 Å². The number of rotatable bonds is 3. The molecule has 0 atom stereocenters. The van der Waals surface area contributed by atoms with E-state index in [1.807, 2.05) is 14.0 Å². The Hall–Kier alpha value is -1.03. The summed E-state index contributed by atoms with van der Waals surface area (Å²) in [5.41, 5.74) is 0.960. The van der Waals surface area contributed by atoms with Crippen molar-refractivity contribution < 1.29 is 9.26 Å². The second-order valence-electron chi connectivity index (χ2n) is 2.27. The zero-order valence-electron chi connectivity index (χ0n) is 6.97. The molecule has 1 heterocycles. The zero-order valence-corrected chi connectivity index (χ0v) is 6.97. The lowest BCUT2D eigenvalue weighted by molar-refractivity contribution is 0.324. The maximum absolute atomic E-state index is 4.99. The summed E-state index contributed by atoms with van der Waals surface area (Å²) in [5, 5.41) is 6.69. The average molecular weight is 156 g/mol. The van der Waals surface area contributed by atoms with Gasteiger partial charge in [-0.25, -0.2) is 0 Å². The van der Waals surface area contributed by atoms with Gasteiger partial charge in [0.2, 0.25) is 0 Å². The van der Waals surface area contributed by atoms with Crippen LogP contribution < -0.4 is 10.1 Å². The molecule has 1 aromatic heterocycles. The molecule has 0 aromatic carbocycles. The fraction of sp³-hybridized carbons (Fsp3) is 0.571. The monoisotopic (exact) mass is 156 g/mol. The van der Waals surface area contributed by atoms with E-state index >= 15 is 0 Å². The Kier molecular flexibility index (Phi) is 2.48. The highest BCUT2D eigenvalue weighted by Gasteiger charge is 2.09. The van der Waals surface area contributed by atoms with Crippen molar-refractivity contribution in [2.24, 2.45) is 0 Å². The summed E-state index contributed by atoms with van der Waals surface area (Å²) in [7, 11) is 3.43. The second-order valence-corrected chi connectivity index (χ2v) is 2.27. The number of nitrogens with one attached hydrogen (secondary N) is 1. The van der Waals surface area contributed by atoms with Crippen LogP contribution in [0.15, 0.2) is 4.52 Å². The molecule has 0 aliphatic heterocycles. The molecule has 62 valence electrons. The number of nitrogens with zero attached hydrogens (tertiary/aromatic N) is 1. The van der Waals surface area contributed by atoms with E-state index < -0.39 is 0 Å². The van der Waals surface area contributed by atoms with Crippen LogP contribution in [0.2, 0.25) is 0 Å². The molecule has 0 saturated heterocycles. The molecule has 0 unspecified atom stereocenters. The summed E-state index contributed by atoms with van der Waals surface area (Å²) in [4.78, 5) is 0. The van der Waals surface area contributed by atoms with Crippen LogP contribution in [-0.4, -0.2) is 19.3 Å². The Bertz CT molecular complexity index is 232. The molecule has 0 saturated carbocycles. The summed E-state index contributed by atoms with van der Waals surface area (Å²) < 4.78 is 9.93. The Morgan fingerprint density at radius 2 is 2.36 bits per heavy atom. The van der Waals surface area contributed by atoms with E-state index in [9.17, 15) is 0 Å². The van der Waals surface area contributed by atoms with Gasteiger partial charge in [0.05, 0.1) is 19.2 Å². The molecule has 0 aliphatic rings. The van der Waals surface area contributed by atoms with Crippen LogP contribution in [0.25, 0.3) is 0 Å². The summed E-state index contributed by atoms with van der Waals surface area (Å²) in [6.07, 6.45) is 0. The highest BCUT2D eigenvalue weighted by Crippen LogP contribution is 2.18. The van der Waals surface area contributed by atoms with Crippen LogP contribution in [0.1, 0.15) is 11.3 Å². The molecular formula is C7H12N2O2. The van der Waals surface area contributed by atoms with Gasteiger partial charge in [-0.05, 0) is 19.1 Å². The molecule has 1 aromatic rings. The van der Waals surface area contributed by atoms with Crippen molar-refractivity contribution >= 4 is 0 Å². The van der Waals surface area contributed by atoms with Gasteiger partial charge in [-0.2, -0.15) is 0 Å². The molecule has 1 N–H and O–H groups in total. The van der Waals surface area contributed by atoms with Gasteiger partial charge in [-0.1, -0.05) is 0 Å². The lowest BCUT2D eigenvalue weighted by Crippen LogP contribution is -2.04. The van der Waals surface area contributed by atoms with Crippen molar-refractivity contribution in [3.63, 3.8) is 0 Å². The standard InChI is InChI=1S/C7H12N2O2/c1-5-6(4-8-2)11-9-7(5)10-3/h8H,4H2,1-3H3. The van der Waals surface area contributed by atoms with Gasteiger partial charge in [0.15, 0.2) is 5.76 Å².